The van der Waals surface area contributed by atoms with Crippen molar-refractivity contribution in [2.45, 2.75) is 12.5 Å². The molecule has 1 heterocycles. The second kappa shape index (κ2) is 6.11. The van der Waals surface area contributed by atoms with Gasteiger partial charge >= 0.3 is 5.97 Å². The van der Waals surface area contributed by atoms with Gasteiger partial charge in [-0.2, -0.15) is 5.26 Å². The Labute approximate surface area is 137 Å². The van der Waals surface area contributed by atoms with E-state index >= 15 is 0 Å². The molecule has 114 valence electrons. The molecule has 1 atom stereocenters. The van der Waals surface area contributed by atoms with Crippen molar-refractivity contribution in [3.05, 3.63) is 64.2 Å². The van der Waals surface area contributed by atoms with Crippen molar-refractivity contribution in [3.63, 3.8) is 0 Å². The number of esters is 1. The van der Waals surface area contributed by atoms with Crippen LogP contribution in [0.25, 0.3) is 0 Å². The molecule has 2 aromatic rings. The highest BCUT2D eigenvalue weighted by molar-refractivity contribution is 6.30. The van der Waals surface area contributed by atoms with E-state index in [1.54, 1.807) is 42.5 Å². The molecule has 23 heavy (non-hydrogen) atoms. The van der Waals surface area contributed by atoms with Gasteiger partial charge in [0, 0.05) is 11.4 Å². The van der Waals surface area contributed by atoms with Gasteiger partial charge in [0.1, 0.15) is 6.07 Å². The summed E-state index contributed by atoms with van der Waals surface area (Å²) in [6.45, 7) is 0. The average Bonchev–Trinajstić information content (AvgIpc) is 2.54. The lowest BCUT2D eigenvalue weighted by Crippen LogP contribution is -2.38. The number of fused-ring (bicyclic) bond motifs is 1. The number of nitriles is 1. The van der Waals surface area contributed by atoms with Crippen LogP contribution in [0.5, 0.6) is 0 Å². The van der Waals surface area contributed by atoms with Gasteiger partial charge in [0.05, 0.1) is 16.8 Å². The van der Waals surface area contributed by atoms with Crippen molar-refractivity contribution < 1.29 is 14.3 Å². The number of nitrogens with one attached hydrogen (secondary N) is 1. The van der Waals surface area contributed by atoms with Crippen LogP contribution in [0.2, 0.25) is 5.02 Å². The van der Waals surface area contributed by atoms with E-state index in [1.807, 2.05) is 6.07 Å². The van der Waals surface area contributed by atoms with E-state index in [2.05, 4.69) is 5.32 Å². The van der Waals surface area contributed by atoms with Crippen LogP contribution < -0.4 is 5.32 Å². The van der Waals surface area contributed by atoms with Gasteiger partial charge in [0.2, 0.25) is 0 Å². The number of hydrogen-bond acceptors (Lipinski definition) is 4. The molecule has 0 fully saturated rings. The Morgan fingerprint density at radius 2 is 2.09 bits per heavy atom. The standard InChI is InChI=1S/C17H11ClN2O3/c18-12-5-6-13-11(7-12)8-15(23-17(13)22)16(21)20-14-4-2-1-3-10(14)9-19/h1-7,15H,8H2,(H,20,21). The molecule has 2 aromatic carbocycles. The molecule has 1 aliphatic heterocycles. The van der Waals surface area contributed by atoms with Gasteiger partial charge in [-0.25, -0.2) is 4.79 Å². The molecule has 0 saturated heterocycles. The third kappa shape index (κ3) is 3.03. The smallest absolute Gasteiger partial charge is 0.339 e. The van der Waals surface area contributed by atoms with Crippen LogP contribution in [0.4, 0.5) is 5.69 Å². The first-order valence-electron chi connectivity index (χ1n) is 6.88. The molecule has 1 aliphatic rings. The summed E-state index contributed by atoms with van der Waals surface area (Å²) in [4.78, 5) is 24.3. The largest absolute Gasteiger partial charge is 0.448 e. The first-order valence-corrected chi connectivity index (χ1v) is 7.25. The highest BCUT2D eigenvalue weighted by Gasteiger charge is 2.31. The lowest BCUT2D eigenvalue weighted by molar-refractivity contribution is -0.125. The molecule has 0 aliphatic carbocycles. The van der Waals surface area contributed by atoms with Gasteiger partial charge < -0.3 is 10.1 Å². The van der Waals surface area contributed by atoms with Crippen LogP contribution in [0.15, 0.2) is 42.5 Å². The molecule has 0 spiro atoms. The molecule has 0 saturated carbocycles. The maximum Gasteiger partial charge on any atom is 0.339 e. The summed E-state index contributed by atoms with van der Waals surface area (Å²) in [6.07, 6.45) is -0.720. The lowest BCUT2D eigenvalue weighted by atomic mass is 9.98. The van der Waals surface area contributed by atoms with E-state index in [9.17, 15) is 9.59 Å². The lowest BCUT2D eigenvalue weighted by Gasteiger charge is -2.24. The molecule has 5 nitrogen and oxygen atoms in total. The van der Waals surface area contributed by atoms with E-state index in [4.69, 9.17) is 21.6 Å². The Morgan fingerprint density at radius 1 is 1.30 bits per heavy atom. The topological polar surface area (TPSA) is 79.2 Å². The first kappa shape index (κ1) is 15.1. The molecule has 6 heteroatoms. The second-order valence-corrected chi connectivity index (χ2v) is 5.48. The summed E-state index contributed by atoms with van der Waals surface area (Å²) < 4.78 is 5.18. The Kier molecular flexibility index (Phi) is 4.00. The number of amides is 1. The third-order valence-corrected chi connectivity index (χ3v) is 3.77. The van der Waals surface area contributed by atoms with Gasteiger partial charge in [0.25, 0.3) is 5.91 Å². The van der Waals surface area contributed by atoms with Crippen molar-refractivity contribution in [1.82, 2.24) is 0 Å². The van der Waals surface area contributed by atoms with Crippen LogP contribution in [-0.2, 0) is 16.0 Å². The van der Waals surface area contributed by atoms with Crippen LogP contribution in [0, 0.1) is 11.3 Å². The predicted molar refractivity (Wildman–Crippen MR) is 84.1 cm³/mol. The molecule has 1 amide bonds. The van der Waals surface area contributed by atoms with Gasteiger partial charge in [-0.3, -0.25) is 4.79 Å². The summed E-state index contributed by atoms with van der Waals surface area (Å²) in [5, 5.41) is 12.2. The minimum atomic E-state index is -0.958. The van der Waals surface area contributed by atoms with Crippen molar-refractivity contribution in [1.29, 1.82) is 5.26 Å². The van der Waals surface area contributed by atoms with Gasteiger partial charge in [-0.05, 0) is 35.9 Å². The number of anilines is 1. The van der Waals surface area contributed by atoms with E-state index in [0.29, 0.717) is 27.4 Å². The zero-order valence-corrected chi connectivity index (χ0v) is 12.6. The summed E-state index contributed by atoms with van der Waals surface area (Å²) in [5.74, 6) is -1.04. The zero-order valence-electron chi connectivity index (χ0n) is 11.9. The van der Waals surface area contributed by atoms with Gasteiger partial charge in [-0.15, -0.1) is 0 Å². The van der Waals surface area contributed by atoms with E-state index in [1.165, 1.54) is 0 Å². The maximum atomic E-state index is 12.3. The fourth-order valence-corrected chi connectivity index (χ4v) is 2.61. The number of rotatable bonds is 2. The maximum absolute atomic E-state index is 12.3. The van der Waals surface area contributed by atoms with Crippen LogP contribution in [-0.4, -0.2) is 18.0 Å². The number of carbonyl (C=O) groups is 2. The molecule has 3 rings (SSSR count). The number of hydrogen-bond donors (Lipinski definition) is 1. The number of carbonyl (C=O) groups excluding carboxylic acids is 2. The van der Waals surface area contributed by atoms with Gasteiger partial charge in [0.15, 0.2) is 6.10 Å². The highest BCUT2D eigenvalue weighted by Crippen LogP contribution is 2.25. The Hall–Kier alpha value is -2.84. The quantitative estimate of drug-likeness (QED) is 0.860. The molecule has 0 radical (unpaired) electrons. The van der Waals surface area contributed by atoms with Gasteiger partial charge in [-0.1, -0.05) is 23.7 Å². The number of ether oxygens (including phenoxy) is 1. The number of halogens is 1. The first-order chi connectivity index (χ1) is 11.1. The molecular formula is C17H11ClN2O3. The Morgan fingerprint density at radius 3 is 2.87 bits per heavy atom. The number of cyclic esters (lactones) is 1. The minimum Gasteiger partial charge on any atom is -0.448 e. The fourth-order valence-electron chi connectivity index (χ4n) is 2.41. The van der Waals surface area contributed by atoms with Crippen LogP contribution in [0.3, 0.4) is 0 Å². The van der Waals surface area contributed by atoms with Crippen molar-refractivity contribution in [3.8, 4) is 6.07 Å². The second-order valence-electron chi connectivity index (χ2n) is 5.05. The zero-order chi connectivity index (χ0) is 16.4. The number of para-hydroxylation sites is 1. The van der Waals surface area contributed by atoms with Crippen molar-refractivity contribution in [2.75, 3.05) is 5.32 Å². The van der Waals surface area contributed by atoms with Crippen molar-refractivity contribution >= 4 is 29.2 Å². The molecule has 1 N–H and O–H groups in total. The molecule has 1 unspecified atom stereocenters. The Bertz CT molecular complexity index is 842. The minimum absolute atomic E-state index is 0.238. The normalized spacial score (nSPS) is 16.0. The molecule has 0 bridgehead atoms. The summed E-state index contributed by atoms with van der Waals surface area (Å²) in [6, 6.07) is 13.5. The summed E-state index contributed by atoms with van der Waals surface area (Å²) >= 11 is 5.93. The predicted octanol–water partition coefficient (Wildman–Crippen LogP) is 2.93. The van der Waals surface area contributed by atoms with E-state index in [-0.39, 0.29) is 6.42 Å². The number of nitrogens with zero attached hydrogens (tertiary/aromatic N) is 1. The third-order valence-electron chi connectivity index (χ3n) is 3.54. The van der Waals surface area contributed by atoms with E-state index < -0.39 is 18.0 Å². The number of benzene rings is 2. The fraction of sp³-hybridized carbons (Fsp3) is 0.118. The molecule has 0 aromatic heterocycles. The van der Waals surface area contributed by atoms with Crippen LogP contribution in [0.1, 0.15) is 21.5 Å². The van der Waals surface area contributed by atoms with Crippen LogP contribution >= 0.6 is 11.6 Å². The SMILES string of the molecule is N#Cc1ccccc1NC(=O)C1Cc2cc(Cl)ccc2C(=O)O1. The van der Waals surface area contributed by atoms with E-state index in [0.717, 1.165) is 0 Å². The summed E-state index contributed by atoms with van der Waals surface area (Å²) in [5.41, 5.74) is 1.80. The monoisotopic (exact) mass is 326 g/mol. The molecular weight excluding hydrogens is 316 g/mol. The van der Waals surface area contributed by atoms with Crippen molar-refractivity contribution in [2.24, 2.45) is 0 Å². The highest BCUT2D eigenvalue weighted by atomic mass is 35.5. The average molecular weight is 327 g/mol. The Balaban J connectivity index is 1.82. The summed E-state index contributed by atoms with van der Waals surface area (Å²) in [7, 11) is 0.